The summed E-state index contributed by atoms with van der Waals surface area (Å²) in [6, 6.07) is 7.11. The van der Waals surface area contributed by atoms with Crippen LogP contribution in [0, 0.1) is 11.7 Å². The summed E-state index contributed by atoms with van der Waals surface area (Å²) < 4.78 is 50.7. The number of piperidine rings is 1. The van der Waals surface area contributed by atoms with E-state index in [4.69, 9.17) is 9.26 Å². The Morgan fingerprint density at radius 2 is 2.03 bits per heavy atom. The van der Waals surface area contributed by atoms with Gasteiger partial charge < -0.3 is 9.26 Å². The molecule has 8 nitrogen and oxygen atoms in total. The molecule has 0 radical (unpaired) electrons. The standard InChI is InChI=1S/C19H18FN3O5S2/c20-15-3-1-2-4-16(15)30(25,26)23-8-5-13(6-9-23)19(24)27-11-17-21-18(22-28-17)14-7-10-29-12-14/h1-4,7,10,12-13H,5-6,8-9,11H2. The predicted molar refractivity (Wildman–Crippen MR) is 105 cm³/mol. The molecule has 158 valence electrons. The maximum absolute atomic E-state index is 13.9. The lowest BCUT2D eigenvalue weighted by atomic mass is 9.98. The monoisotopic (exact) mass is 451 g/mol. The lowest BCUT2D eigenvalue weighted by Gasteiger charge is -2.30. The van der Waals surface area contributed by atoms with E-state index in [1.807, 2.05) is 16.8 Å². The molecule has 4 rings (SSSR count). The van der Waals surface area contributed by atoms with E-state index in [0.717, 1.165) is 11.6 Å². The van der Waals surface area contributed by atoms with Gasteiger partial charge in [-0.25, -0.2) is 12.8 Å². The van der Waals surface area contributed by atoms with Crippen molar-refractivity contribution in [2.45, 2.75) is 24.3 Å². The van der Waals surface area contributed by atoms with Gasteiger partial charge in [0.25, 0.3) is 5.89 Å². The molecule has 0 N–H and O–H groups in total. The third-order valence-corrected chi connectivity index (χ3v) is 7.44. The first-order valence-electron chi connectivity index (χ1n) is 9.21. The molecular weight excluding hydrogens is 433 g/mol. The lowest BCUT2D eigenvalue weighted by Crippen LogP contribution is -2.40. The zero-order chi connectivity index (χ0) is 21.1. The van der Waals surface area contributed by atoms with E-state index >= 15 is 0 Å². The summed E-state index contributed by atoms with van der Waals surface area (Å²) in [6.07, 6.45) is 0.576. The molecule has 0 saturated carbocycles. The number of hydrogen-bond donors (Lipinski definition) is 0. The summed E-state index contributed by atoms with van der Waals surface area (Å²) in [6.45, 7) is 0.0717. The van der Waals surface area contributed by atoms with Crippen molar-refractivity contribution in [3.63, 3.8) is 0 Å². The number of halogens is 1. The van der Waals surface area contributed by atoms with Gasteiger partial charge in [-0.15, -0.1) is 0 Å². The molecule has 2 aromatic heterocycles. The molecule has 3 heterocycles. The fraction of sp³-hybridized carbons (Fsp3) is 0.316. The Morgan fingerprint density at radius 1 is 1.27 bits per heavy atom. The van der Waals surface area contributed by atoms with Crippen LogP contribution in [-0.4, -0.2) is 41.9 Å². The summed E-state index contributed by atoms with van der Waals surface area (Å²) in [5.74, 6) is -1.08. The molecule has 0 aliphatic carbocycles. The van der Waals surface area contributed by atoms with Crippen LogP contribution in [0.25, 0.3) is 11.4 Å². The first-order chi connectivity index (χ1) is 14.4. The fourth-order valence-electron chi connectivity index (χ4n) is 3.20. The average molecular weight is 452 g/mol. The van der Waals surface area contributed by atoms with E-state index in [2.05, 4.69) is 10.1 Å². The number of nitrogens with zero attached hydrogens (tertiary/aromatic N) is 3. The Bertz CT molecular complexity index is 1120. The second kappa shape index (κ2) is 8.62. The molecule has 11 heteroatoms. The summed E-state index contributed by atoms with van der Waals surface area (Å²) in [5, 5.41) is 7.62. The minimum Gasteiger partial charge on any atom is -0.455 e. The zero-order valence-electron chi connectivity index (χ0n) is 15.7. The van der Waals surface area contributed by atoms with Crippen LogP contribution in [0.3, 0.4) is 0 Å². The van der Waals surface area contributed by atoms with Crippen LogP contribution in [0.2, 0.25) is 0 Å². The first kappa shape index (κ1) is 20.6. The van der Waals surface area contributed by atoms with E-state index in [1.54, 1.807) is 0 Å². The second-order valence-corrected chi connectivity index (χ2v) is 9.43. The molecule has 0 amide bonds. The minimum absolute atomic E-state index is 0.110. The largest absolute Gasteiger partial charge is 0.455 e. The maximum Gasteiger partial charge on any atom is 0.309 e. The van der Waals surface area contributed by atoms with Crippen molar-refractivity contribution in [2.75, 3.05) is 13.1 Å². The van der Waals surface area contributed by atoms with Gasteiger partial charge in [-0.3, -0.25) is 4.79 Å². The van der Waals surface area contributed by atoms with Crippen molar-refractivity contribution in [1.82, 2.24) is 14.4 Å². The highest BCUT2D eigenvalue weighted by atomic mass is 32.2. The third-order valence-electron chi connectivity index (χ3n) is 4.83. The van der Waals surface area contributed by atoms with Crippen LogP contribution in [0.4, 0.5) is 4.39 Å². The van der Waals surface area contributed by atoms with Crippen LogP contribution in [0.5, 0.6) is 0 Å². The molecule has 0 spiro atoms. The molecule has 1 aliphatic heterocycles. The van der Waals surface area contributed by atoms with Gasteiger partial charge in [0.05, 0.1) is 5.92 Å². The van der Waals surface area contributed by atoms with Crippen molar-refractivity contribution < 1.29 is 26.9 Å². The number of carbonyl (C=O) groups excluding carboxylic acids is 1. The quantitative estimate of drug-likeness (QED) is 0.531. The van der Waals surface area contributed by atoms with Crippen molar-refractivity contribution in [1.29, 1.82) is 0 Å². The predicted octanol–water partition coefficient (Wildman–Crippen LogP) is 3.08. The normalized spacial score (nSPS) is 15.9. The number of esters is 1. The molecule has 0 unspecified atom stereocenters. The van der Waals surface area contributed by atoms with Crippen LogP contribution in [0.1, 0.15) is 18.7 Å². The molecule has 0 atom stereocenters. The Labute approximate surface area is 176 Å². The van der Waals surface area contributed by atoms with Gasteiger partial charge >= 0.3 is 5.97 Å². The summed E-state index contributed by atoms with van der Waals surface area (Å²) in [5.41, 5.74) is 0.824. The number of hydrogen-bond acceptors (Lipinski definition) is 8. The molecule has 30 heavy (non-hydrogen) atoms. The summed E-state index contributed by atoms with van der Waals surface area (Å²) in [7, 11) is -3.94. The van der Waals surface area contributed by atoms with Gasteiger partial charge in [0.1, 0.15) is 10.7 Å². The van der Waals surface area contributed by atoms with Gasteiger partial charge in [0.15, 0.2) is 6.61 Å². The third kappa shape index (κ3) is 4.27. The topological polar surface area (TPSA) is 103 Å². The van der Waals surface area contributed by atoms with Gasteiger partial charge in [-0.2, -0.15) is 20.6 Å². The molecule has 1 fully saturated rings. The Balaban J connectivity index is 1.31. The molecule has 0 bridgehead atoms. The number of benzene rings is 1. The molecule has 3 aromatic rings. The summed E-state index contributed by atoms with van der Waals surface area (Å²) in [4.78, 5) is 16.2. The van der Waals surface area contributed by atoms with Crippen LogP contribution in [0.15, 0.2) is 50.5 Å². The highest BCUT2D eigenvalue weighted by Gasteiger charge is 2.34. The van der Waals surface area contributed by atoms with E-state index in [0.29, 0.717) is 5.82 Å². The zero-order valence-corrected chi connectivity index (χ0v) is 17.4. The van der Waals surface area contributed by atoms with Gasteiger partial charge in [0.2, 0.25) is 15.8 Å². The van der Waals surface area contributed by atoms with E-state index in [-0.39, 0.29) is 43.3 Å². The van der Waals surface area contributed by atoms with Crippen molar-refractivity contribution in [2.24, 2.45) is 5.92 Å². The number of aromatic nitrogens is 2. The Morgan fingerprint density at radius 3 is 2.73 bits per heavy atom. The average Bonchev–Trinajstić information content (AvgIpc) is 3.44. The van der Waals surface area contributed by atoms with E-state index in [9.17, 15) is 17.6 Å². The van der Waals surface area contributed by atoms with Gasteiger partial charge in [-0.05, 0) is 36.4 Å². The smallest absolute Gasteiger partial charge is 0.309 e. The number of rotatable bonds is 6. The summed E-state index contributed by atoms with van der Waals surface area (Å²) >= 11 is 1.51. The fourth-order valence-corrected chi connectivity index (χ4v) is 5.37. The number of carbonyl (C=O) groups is 1. The maximum atomic E-state index is 13.9. The SMILES string of the molecule is O=C(OCc1nc(-c2ccsc2)no1)C1CCN(S(=O)(=O)c2ccccc2F)CC1. The number of sulfonamides is 1. The number of thiophene rings is 1. The molecule has 1 saturated heterocycles. The molecule has 1 aromatic carbocycles. The van der Waals surface area contributed by atoms with Crippen LogP contribution < -0.4 is 0 Å². The Kier molecular flexibility index (Phi) is 5.93. The lowest BCUT2D eigenvalue weighted by molar-refractivity contribution is -0.152. The minimum atomic E-state index is -3.94. The van der Waals surface area contributed by atoms with Crippen LogP contribution >= 0.6 is 11.3 Å². The van der Waals surface area contributed by atoms with Crippen molar-refractivity contribution >= 4 is 27.3 Å². The molecular formula is C19H18FN3O5S2. The van der Waals surface area contributed by atoms with Crippen LogP contribution in [-0.2, 0) is 26.2 Å². The second-order valence-electron chi connectivity index (χ2n) is 6.74. The van der Waals surface area contributed by atoms with E-state index in [1.165, 1.54) is 33.8 Å². The van der Waals surface area contributed by atoms with Gasteiger partial charge in [-0.1, -0.05) is 17.3 Å². The Hall–Kier alpha value is -2.63. The first-order valence-corrected chi connectivity index (χ1v) is 11.6. The highest BCUT2D eigenvalue weighted by Crippen LogP contribution is 2.26. The number of ether oxygens (including phenoxy) is 1. The van der Waals surface area contributed by atoms with Crippen molar-refractivity contribution in [3.8, 4) is 11.4 Å². The van der Waals surface area contributed by atoms with Gasteiger partial charge in [0, 0.05) is 24.0 Å². The highest BCUT2D eigenvalue weighted by molar-refractivity contribution is 7.89. The molecule has 1 aliphatic rings. The van der Waals surface area contributed by atoms with E-state index < -0.39 is 27.7 Å². The van der Waals surface area contributed by atoms with Crippen molar-refractivity contribution in [3.05, 3.63) is 52.8 Å².